The van der Waals surface area contributed by atoms with E-state index in [1.54, 1.807) is 18.2 Å². The minimum Gasteiger partial charge on any atom is -0.398 e. The highest BCUT2D eigenvalue weighted by atomic mass is 79.9. The molecule has 0 fully saturated rings. The van der Waals surface area contributed by atoms with E-state index >= 15 is 0 Å². The van der Waals surface area contributed by atoms with Gasteiger partial charge in [0, 0.05) is 15.2 Å². The van der Waals surface area contributed by atoms with Gasteiger partial charge in [-0.25, -0.2) is 0 Å². The van der Waals surface area contributed by atoms with Crippen LogP contribution >= 0.6 is 27.5 Å². The third-order valence-corrected chi connectivity index (χ3v) is 4.65. The molecule has 2 aromatic rings. The Labute approximate surface area is 122 Å². The fourth-order valence-corrected chi connectivity index (χ4v) is 3.17. The molecule has 1 atom stereocenters. The minimum atomic E-state index is -1.16. The van der Waals surface area contributed by atoms with Crippen molar-refractivity contribution in [3.05, 3.63) is 57.5 Å². The highest BCUT2D eigenvalue weighted by Gasteiger charge is 2.09. The van der Waals surface area contributed by atoms with E-state index in [1.165, 1.54) is 0 Å². The van der Waals surface area contributed by atoms with Crippen molar-refractivity contribution in [3.8, 4) is 0 Å². The number of nitrogens with two attached hydrogens (primary N) is 1. The molecule has 2 rings (SSSR count). The average molecular weight is 345 g/mol. The fraction of sp³-hybridized carbons (Fsp3) is 0.0769. The normalized spacial score (nSPS) is 12.3. The lowest BCUT2D eigenvalue weighted by Crippen LogP contribution is -2.00. The highest BCUT2D eigenvalue weighted by Crippen LogP contribution is 2.23. The fourth-order valence-electron chi connectivity index (χ4n) is 1.54. The van der Waals surface area contributed by atoms with Crippen molar-refractivity contribution in [2.75, 3.05) is 5.73 Å². The van der Waals surface area contributed by atoms with Gasteiger partial charge in [0.25, 0.3) is 0 Å². The molecule has 0 spiro atoms. The summed E-state index contributed by atoms with van der Waals surface area (Å²) < 4.78 is 13.2. The summed E-state index contributed by atoms with van der Waals surface area (Å²) >= 11 is 9.18. The molecular weight excluding hydrogens is 334 g/mol. The van der Waals surface area contributed by atoms with Gasteiger partial charge in [-0.3, -0.25) is 4.21 Å². The van der Waals surface area contributed by atoms with Gasteiger partial charge in [-0.2, -0.15) is 0 Å². The first-order valence-electron chi connectivity index (χ1n) is 5.24. The summed E-state index contributed by atoms with van der Waals surface area (Å²) in [5.74, 6) is 0.444. The lowest BCUT2D eigenvalue weighted by molar-refractivity contribution is 0.683. The molecule has 2 nitrogen and oxygen atoms in total. The molecule has 18 heavy (non-hydrogen) atoms. The van der Waals surface area contributed by atoms with E-state index in [0.29, 0.717) is 21.4 Å². The van der Waals surface area contributed by atoms with E-state index in [4.69, 9.17) is 17.3 Å². The van der Waals surface area contributed by atoms with Gasteiger partial charge in [0.05, 0.1) is 21.4 Å². The summed E-state index contributed by atoms with van der Waals surface area (Å²) in [4.78, 5) is 0.627. The number of hydrogen-bond acceptors (Lipinski definition) is 2. The highest BCUT2D eigenvalue weighted by molar-refractivity contribution is 9.10. The molecule has 0 radical (unpaired) electrons. The van der Waals surface area contributed by atoms with Crippen LogP contribution in [-0.2, 0) is 16.6 Å². The van der Waals surface area contributed by atoms with Crippen molar-refractivity contribution in [1.29, 1.82) is 0 Å². The van der Waals surface area contributed by atoms with Gasteiger partial charge in [-0.15, -0.1) is 0 Å². The predicted molar refractivity (Wildman–Crippen MR) is 80.1 cm³/mol. The van der Waals surface area contributed by atoms with E-state index in [-0.39, 0.29) is 0 Å². The monoisotopic (exact) mass is 343 g/mol. The second-order valence-corrected chi connectivity index (χ2v) is 6.57. The molecule has 1 unspecified atom stereocenters. The van der Waals surface area contributed by atoms with E-state index < -0.39 is 10.8 Å². The Bertz CT molecular complexity index is 586. The number of benzene rings is 2. The molecule has 2 N–H and O–H groups in total. The van der Waals surface area contributed by atoms with Crippen molar-refractivity contribution in [1.82, 2.24) is 0 Å². The zero-order chi connectivity index (χ0) is 13.1. The van der Waals surface area contributed by atoms with Crippen molar-refractivity contribution in [3.63, 3.8) is 0 Å². The Balaban J connectivity index is 2.19. The third-order valence-electron chi connectivity index (χ3n) is 2.43. The maximum absolute atomic E-state index is 12.2. The Morgan fingerprint density at radius 1 is 1.17 bits per heavy atom. The molecule has 94 valence electrons. The summed E-state index contributed by atoms with van der Waals surface area (Å²) in [5.41, 5.74) is 7.29. The summed E-state index contributed by atoms with van der Waals surface area (Å²) in [6.45, 7) is 0. The van der Waals surface area contributed by atoms with Crippen LogP contribution in [0.2, 0.25) is 5.02 Å². The molecule has 0 bridgehead atoms. The van der Waals surface area contributed by atoms with Crippen LogP contribution in [0, 0.1) is 0 Å². The minimum absolute atomic E-state index is 0.444. The Morgan fingerprint density at radius 2 is 1.83 bits per heavy atom. The van der Waals surface area contributed by atoms with Gasteiger partial charge in [0.15, 0.2) is 0 Å². The van der Waals surface area contributed by atoms with Crippen molar-refractivity contribution < 1.29 is 4.21 Å². The smallest absolute Gasteiger partial charge is 0.0621 e. The van der Waals surface area contributed by atoms with Crippen LogP contribution in [0.25, 0.3) is 0 Å². The quantitative estimate of drug-likeness (QED) is 0.855. The standard InChI is InChI=1S/C13H11BrClNOS/c14-10-3-1-9(2-4-10)8-18(17)13-6-5-11(15)7-12(13)16/h1-7H,8,16H2. The molecule has 0 aliphatic heterocycles. The second-order valence-electron chi connectivity index (χ2n) is 3.80. The van der Waals surface area contributed by atoms with Gasteiger partial charge in [0.2, 0.25) is 0 Å². The largest absolute Gasteiger partial charge is 0.398 e. The lowest BCUT2D eigenvalue weighted by atomic mass is 10.2. The van der Waals surface area contributed by atoms with Gasteiger partial charge < -0.3 is 5.73 Å². The number of anilines is 1. The zero-order valence-electron chi connectivity index (χ0n) is 9.40. The summed E-state index contributed by atoms with van der Waals surface area (Å²) in [6, 6.07) is 12.8. The second kappa shape index (κ2) is 5.87. The van der Waals surface area contributed by atoms with E-state index in [2.05, 4.69) is 15.9 Å². The first kappa shape index (κ1) is 13.6. The van der Waals surface area contributed by atoms with Crippen molar-refractivity contribution in [2.24, 2.45) is 0 Å². The Kier molecular flexibility index (Phi) is 4.43. The molecule has 0 saturated heterocycles. The number of rotatable bonds is 3. The SMILES string of the molecule is Nc1cc(Cl)ccc1S(=O)Cc1ccc(Br)cc1. The van der Waals surface area contributed by atoms with Crippen LogP contribution in [0.15, 0.2) is 51.8 Å². The number of hydrogen-bond donors (Lipinski definition) is 1. The van der Waals surface area contributed by atoms with Crippen molar-refractivity contribution in [2.45, 2.75) is 10.6 Å². The molecule has 0 aromatic heterocycles. The van der Waals surface area contributed by atoms with Crippen LogP contribution in [0.4, 0.5) is 5.69 Å². The van der Waals surface area contributed by atoms with E-state index in [0.717, 1.165) is 10.0 Å². The molecule has 0 heterocycles. The third kappa shape index (κ3) is 3.34. The number of halogens is 2. The number of nitrogen functional groups attached to an aromatic ring is 1. The summed E-state index contributed by atoms with van der Waals surface area (Å²) in [5, 5.41) is 0.553. The van der Waals surface area contributed by atoms with Gasteiger partial charge in [0.1, 0.15) is 0 Å². The van der Waals surface area contributed by atoms with E-state index in [1.807, 2.05) is 24.3 Å². The van der Waals surface area contributed by atoms with E-state index in [9.17, 15) is 4.21 Å². The van der Waals surface area contributed by atoms with Crippen LogP contribution in [0.5, 0.6) is 0 Å². The molecule has 0 aliphatic carbocycles. The average Bonchev–Trinajstić information content (AvgIpc) is 2.32. The predicted octanol–water partition coefficient (Wildman–Crippen LogP) is 3.99. The molecule has 0 amide bonds. The topological polar surface area (TPSA) is 43.1 Å². The van der Waals surface area contributed by atoms with Crippen LogP contribution in [0.3, 0.4) is 0 Å². The van der Waals surface area contributed by atoms with Gasteiger partial charge in [-0.05, 0) is 35.9 Å². The maximum atomic E-state index is 12.2. The molecule has 5 heteroatoms. The van der Waals surface area contributed by atoms with Crippen LogP contribution < -0.4 is 5.73 Å². The Hall–Kier alpha value is -0.840. The van der Waals surface area contributed by atoms with Crippen LogP contribution in [-0.4, -0.2) is 4.21 Å². The molecular formula is C13H11BrClNOS. The first-order chi connectivity index (χ1) is 8.56. The van der Waals surface area contributed by atoms with Gasteiger partial charge >= 0.3 is 0 Å². The van der Waals surface area contributed by atoms with Gasteiger partial charge in [-0.1, -0.05) is 39.7 Å². The summed E-state index contributed by atoms with van der Waals surface area (Å²) in [6.07, 6.45) is 0. The van der Waals surface area contributed by atoms with Crippen molar-refractivity contribution >= 4 is 44.0 Å². The molecule has 2 aromatic carbocycles. The first-order valence-corrected chi connectivity index (χ1v) is 7.73. The Morgan fingerprint density at radius 3 is 2.44 bits per heavy atom. The maximum Gasteiger partial charge on any atom is 0.0621 e. The summed E-state index contributed by atoms with van der Waals surface area (Å²) in [7, 11) is -1.16. The molecule has 0 aliphatic rings. The van der Waals surface area contributed by atoms with Crippen LogP contribution in [0.1, 0.15) is 5.56 Å². The molecule has 0 saturated carbocycles. The zero-order valence-corrected chi connectivity index (χ0v) is 12.6. The lowest BCUT2D eigenvalue weighted by Gasteiger charge is -2.06.